The average Bonchev–Trinajstić information content (AvgIpc) is 3.08. The van der Waals surface area contributed by atoms with Gasteiger partial charge in [-0.1, -0.05) is 0 Å². The molecule has 0 aromatic carbocycles. The van der Waals surface area contributed by atoms with Crippen LogP contribution in [-0.4, -0.2) is 27.8 Å². The Balaban J connectivity index is 1.67. The van der Waals surface area contributed by atoms with Crippen LogP contribution in [0.1, 0.15) is 28.4 Å². The van der Waals surface area contributed by atoms with Crippen molar-refractivity contribution in [2.75, 3.05) is 7.05 Å². The smallest absolute Gasteiger partial charge is 0.259 e. The Morgan fingerprint density at radius 1 is 1.40 bits per heavy atom. The van der Waals surface area contributed by atoms with Crippen molar-refractivity contribution >= 4 is 43.4 Å². The lowest BCUT2D eigenvalue weighted by Gasteiger charge is -2.15. The van der Waals surface area contributed by atoms with Crippen LogP contribution in [0.3, 0.4) is 0 Å². The number of nitrogens with one attached hydrogen (secondary N) is 1. The molecule has 3 aromatic rings. The number of H-pyrrole nitrogens is 1. The monoisotopic (exact) mass is 423 g/mol. The summed E-state index contributed by atoms with van der Waals surface area (Å²) in [6.07, 6.45) is 0.669. The topological polar surface area (TPSA) is 79.2 Å². The van der Waals surface area contributed by atoms with E-state index in [2.05, 4.69) is 25.9 Å². The third-order valence-corrected chi connectivity index (χ3v) is 5.64. The van der Waals surface area contributed by atoms with E-state index in [0.29, 0.717) is 34.6 Å². The van der Waals surface area contributed by atoms with Crippen LogP contribution in [-0.2, 0) is 17.8 Å². The molecule has 3 rings (SSSR count). The van der Waals surface area contributed by atoms with Crippen LogP contribution in [0.15, 0.2) is 26.0 Å². The second-order valence-corrected chi connectivity index (χ2v) is 7.92. The van der Waals surface area contributed by atoms with Crippen molar-refractivity contribution in [3.8, 4) is 0 Å². The molecule has 0 unspecified atom stereocenters. The molecule has 0 aliphatic rings. The molecule has 0 saturated carbocycles. The maximum Gasteiger partial charge on any atom is 0.259 e. The Morgan fingerprint density at radius 2 is 2.16 bits per heavy atom. The van der Waals surface area contributed by atoms with E-state index in [1.54, 1.807) is 18.0 Å². The second kappa shape index (κ2) is 7.13. The Hall–Kier alpha value is -1.93. The number of hydrogen-bond acceptors (Lipinski definition) is 5. The maximum atomic E-state index is 12.3. The molecule has 6 nitrogen and oxygen atoms in total. The molecule has 0 bridgehead atoms. The molecule has 0 saturated heterocycles. The second-order valence-electron chi connectivity index (χ2n) is 5.93. The molecule has 0 fully saturated rings. The van der Waals surface area contributed by atoms with Gasteiger partial charge in [0.15, 0.2) is 4.67 Å². The van der Waals surface area contributed by atoms with Crippen LogP contribution >= 0.6 is 27.3 Å². The quantitative estimate of drug-likeness (QED) is 0.680. The van der Waals surface area contributed by atoms with Gasteiger partial charge in [0, 0.05) is 24.8 Å². The lowest BCUT2D eigenvalue weighted by molar-refractivity contribution is -0.130. The van der Waals surface area contributed by atoms with E-state index in [-0.39, 0.29) is 17.9 Å². The molecule has 1 N–H and O–H groups in total. The molecular weight excluding hydrogens is 406 g/mol. The number of carbonyl (C=O) groups excluding carboxylic acids is 1. The number of rotatable bonds is 5. The van der Waals surface area contributed by atoms with Gasteiger partial charge in [-0.2, -0.15) is 0 Å². The number of aryl methyl sites for hydroxylation is 3. The first-order valence-corrected chi connectivity index (χ1v) is 9.43. The number of carbonyl (C=O) groups is 1. The van der Waals surface area contributed by atoms with E-state index >= 15 is 0 Å². The van der Waals surface area contributed by atoms with Crippen molar-refractivity contribution in [2.24, 2.45) is 0 Å². The summed E-state index contributed by atoms with van der Waals surface area (Å²) in [6, 6.07) is 3.62. The summed E-state index contributed by atoms with van der Waals surface area (Å²) in [6.45, 7) is 4.30. The molecule has 0 radical (unpaired) electrons. The van der Waals surface area contributed by atoms with Crippen LogP contribution in [0.2, 0.25) is 0 Å². The fraction of sp³-hybridized carbons (Fsp3) is 0.353. The largest absolute Gasteiger partial charge is 0.452 e. The molecule has 3 heterocycles. The van der Waals surface area contributed by atoms with E-state index in [9.17, 15) is 9.59 Å². The Labute approximate surface area is 157 Å². The molecule has 8 heteroatoms. The number of nitrogens with zero attached hydrogens (tertiary/aromatic N) is 2. The Bertz CT molecular complexity index is 989. The average molecular weight is 424 g/mol. The highest BCUT2D eigenvalue weighted by atomic mass is 79.9. The number of aromatic nitrogens is 2. The first-order valence-electron chi connectivity index (χ1n) is 7.82. The highest BCUT2D eigenvalue weighted by Gasteiger charge is 2.15. The highest BCUT2D eigenvalue weighted by Crippen LogP contribution is 2.25. The molecule has 25 heavy (non-hydrogen) atoms. The van der Waals surface area contributed by atoms with Gasteiger partial charge in [-0.15, -0.1) is 11.3 Å². The summed E-state index contributed by atoms with van der Waals surface area (Å²) in [4.78, 5) is 35.3. The molecule has 0 atom stereocenters. The predicted molar refractivity (Wildman–Crippen MR) is 101 cm³/mol. The van der Waals surface area contributed by atoms with Crippen molar-refractivity contribution in [3.05, 3.63) is 49.2 Å². The normalized spacial score (nSPS) is 11.2. The van der Waals surface area contributed by atoms with Gasteiger partial charge in [-0.3, -0.25) is 9.59 Å². The van der Waals surface area contributed by atoms with E-state index in [1.165, 1.54) is 11.3 Å². The Kier molecular flexibility index (Phi) is 5.10. The zero-order valence-electron chi connectivity index (χ0n) is 14.2. The predicted octanol–water partition coefficient (Wildman–Crippen LogP) is 3.55. The van der Waals surface area contributed by atoms with E-state index < -0.39 is 0 Å². The number of furan rings is 1. The van der Waals surface area contributed by atoms with E-state index in [0.717, 1.165) is 15.3 Å². The van der Waals surface area contributed by atoms with Gasteiger partial charge in [-0.05, 0) is 47.5 Å². The highest BCUT2D eigenvalue weighted by molar-refractivity contribution is 9.10. The van der Waals surface area contributed by atoms with Gasteiger partial charge >= 0.3 is 0 Å². The summed E-state index contributed by atoms with van der Waals surface area (Å²) in [7, 11) is 1.73. The van der Waals surface area contributed by atoms with Crippen molar-refractivity contribution in [1.82, 2.24) is 14.9 Å². The SMILES string of the molecule is Cc1sc2nc(CCC(=O)N(C)Cc3ccc(Br)o3)[nH]c(=O)c2c1C. The summed E-state index contributed by atoms with van der Waals surface area (Å²) < 4.78 is 6.05. The lowest BCUT2D eigenvalue weighted by atomic mass is 10.2. The summed E-state index contributed by atoms with van der Waals surface area (Å²) in [5, 5.41) is 0.651. The van der Waals surface area contributed by atoms with Crippen LogP contribution in [0, 0.1) is 13.8 Å². The molecule has 0 spiro atoms. The number of amides is 1. The molecule has 1 amide bonds. The number of thiophene rings is 1. The summed E-state index contributed by atoms with van der Waals surface area (Å²) in [5.74, 6) is 1.22. The molecular formula is C17H18BrN3O3S. The molecule has 3 aromatic heterocycles. The lowest BCUT2D eigenvalue weighted by Crippen LogP contribution is -2.26. The number of aromatic amines is 1. The number of hydrogen-bond donors (Lipinski definition) is 1. The minimum Gasteiger partial charge on any atom is -0.452 e. The zero-order chi connectivity index (χ0) is 18.1. The summed E-state index contributed by atoms with van der Waals surface area (Å²) >= 11 is 4.75. The van der Waals surface area contributed by atoms with Crippen molar-refractivity contribution < 1.29 is 9.21 Å². The molecule has 132 valence electrons. The van der Waals surface area contributed by atoms with Gasteiger partial charge < -0.3 is 14.3 Å². The van der Waals surface area contributed by atoms with Crippen LogP contribution in [0.25, 0.3) is 10.2 Å². The van der Waals surface area contributed by atoms with E-state index in [1.807, 2.05) is 19.9 Å². The fourth-order valence-corrected chi connectivity index (χ4v) is 3.98. The molecule has 0 aliphatic carbocycles. The Morgan fingerprint density at radius 3 is 2.84 bits per heavy atom. The third kappa shape index (κ3) is 3.85. The van der Waals surface area contributed by atoms with Crippen molar-refractivity contribution in [2.45, 2.75) is 33.2 Å². The zero-order valence-corrected chi connectivity index (χ0v) is 16.6. The minimum absolute atomic E-state index is 0.0335. The van der Waals surface area contributed by atoms with E-state index in [4.69, 9.17) is 4.42 Å². The van der Waals surface area contributed by atoms with Gasteiger partial charge in [0.05, 0.1) is 11.9 Å². The van der Waals surface area contributed by atoms with Gasteiger partial charge in [-0.25, -0.2) is 4.98 Å². The third-order valence-electron chi connectivity index (χ3n) is 4.11. The van der Waals surface area contributed by atoms with Crippen LogP contribution < -0.4 is 5.56 Å². The van der Waals surface area contributed by atoms with Gasteiger partial charge in [0.2, 0.25) is 5.91 Å². The number of fused-ring (bicyclic) bond motifs is 1. The standard InChI is InChI=1S/C17H18BrN3O3S/c1-9-10(2)25-17-15(9)16(23)19-13(20-17)6-7-14(22)21(3)8-11-4-5-12(18)24-11/h4-5H,6-8H2,1-3H3,(H,19,20,23). The summed E-state index contributed by atoms with van der Waals surface area (Å²) in [5.41, 5.74) is 0.837. The van der Waals surface area contributed by atoms with Crippen LogP contribution in [0.5, 0.6) is 0 Å². The van der Waals surface area contributed by atoms with Gasteiger partial charge in [0.25, 0.3) is 5.56 Å². The number of halogens is 1. The van der Waals surface area contributed by atoms with Crippen molar-refractivity contribution in [1.29, 1.82) is 0 Å². The first kappa shape index (κ1) is 17.9. The fourth-order valence-electron chi connectivity index (χ4n) is 2.59. The minimum atomic E-state index is -0.136. The molecule has 0 aliphatic heterocycles. The maximum absolute atomic E-state index is 12.3. The van der Waals surface area contributed by atoms with Gasteiger partial charge in [0.1, 0.15) is 16.4 Å². The van der Waals surface area contributed by atoms with Crippen molar-refractivity contribution in [3.63, 3.8) is 0 Å². The van der Waals surface area contributed by atoms with Crippen LogP contribution in [0.4, 0.5) is 0 Å². The first-order chi connectivity index (χ1) is 11.8.